The van der Waals surface area contributed by atoms with Crippen LogP contribution in [-0.4, -0.2) is 13.6 Å². The summed E-state index contributed by atoms with van der Waals surface area (Å²) in [5, 5.41) is 3.55. The molecule has 0 saturated heterocycles. The Hall–Kier alpha value is -1.96. The zero-order valence-corrected chi connectivity index (χ0v) is 12.5. The highest BCUT2D eigenvalue weighted by Crippen LogP contribution is 2.27. The lowest BCUT2D eigenvalue weighted by atomic mass is 10.1. The minimum absolute atomic E-state index is 0.890. The number of rotatable bonds is 3. The van der Waals surface area contributed by atoms with Gasteiger partial charge in [-0.05, 0) is 49.1 Å². The predicted octanol–water partition coefficient (Wildman–Crippen LogP) is 3.91. The Labute approximate surface area is 121 Å². The van der Waals surface area contributed by atoms with Crippen LogP contribution in [0.15, 0.2) is 36.4 Å². The molecule has 2 aromatic rings. The van der Waals surface area contributed by atoms with Gasteiger partial charge in [-0.25, -0.2) is 0 Å². The second kappa shape index (κ2) is 5.20. The summed E-state index contributed by atoms with van der Waals surface area (Å²) in [6, 6.07) is 13.4. The summed E-state index contributed by atoms with van der Waals surface area (Å²) in [5.74, 6) is 0. The normalized spacial score (nSPS) is 13.4. The summed E-state index contributed by atoms with van der Waals surface area (Å²) in [5.41, 5.74) is 8.08. The molecule has 0 aliphatic carbocycles. The van der Waals surface area contributed by atoms with Gasteiger partial charge in [-0.1, -0.05) is 29.8 Å². The van der Waals surface area contributed by atoms with Crippen LogP contribution in [-0.2, 0) is 13.0 Å². The van der Waals surface area contributed by atoms with Crippen molar-refractivity contribution in [2.75, 3.05) is 23.8 Å². The molecule has 1 N–H and O–H groups in total. The average Bonchev–Trinajstić information content (AvgIpc) is 2.79. The molecule has 0 unspecified atom stereocenters. The minimum atomic E-state index is 0.890. The first kappa shape index (κ1) is 13.0. The smallest absolute Gasteiger partial charge is 0.0401 e. The summed E-state index contributed by atoms with van der Waals surface area (Å²) in [4.78, 5) is 2.33. The Morgan fingerprint density at radius 1 is 1.10 bits per heavy atom. The second-order valence-corrected chi connectivity index (χ2v) is 5.81. The van der Waals surface area contributed by atoms with Gasteiger partial charge < -0.3 is 10.2 Å². The maximum atomic E-state index is 3.55. The van der Waals surface area contributed by atoms with Crippen LogP contribution in [0.5, 0.6) is 0 Å². The van der Waals surface area contributed by atoms with Crippen molar-refractivity contribution in [1.29, 1.82) is 0 Å². The van der Waals surface area contributed by atoms with E-state index in [1.165, 1.54) is 40.0 Å². The number of nitrogens with one attached hydrogen (secondary N) is 1. The topological polar surface area (TPSA) is 15.3 Å². The molecular formula is C18H22N2. The molecule has 0 bridgehead atoms. The van der Waals surface area contributed by atoms with Gasteiger partial charge in [-0.2, -0.15) is 0 Å². The Balaban J connectivity index is 1.73. The van der Waals surface area contributed by atoms with E-state index in [4.69, 9.17) is 0 Å². The monoisotopic (exact) mass is 266 g/mol. The lowest BCUT2D eigenvalue weighted by Gasteiger charge is -2.13. The Morgan fingerprint density at radius 2 is 1.95 bits per heavy atom. The zero-order chi connectivity index (χ0) is 14.1. The lowest BCUT2D eigenvalue weighted by molar-refractivity contribution is 0.955. The highest BCUT2D eigenvalue weighted by Gasteiger charge is 2.15. The summed E-state index contributed by atoms with van der Waals surface area (Å²) in [7, 11) is 2.17. The Bertz CT molecular complexity index is 631. The van der Waals surface area contributed by atoms with Crippen LogP contribution in [0, 0.1) is 13.8 Å². The first-order valence-electron chi connectivity index (χ1n) is 7.27. The van der Waals surface area contributed by atoms with Crippen LogP contribution in [0.1, 0.15) is 22.3 Å². The van der Waals surface area contributed by atoms with Crippen LogP contribution in [0.25, 0.3) is 0 Å². The maximum absolute atomic E-state index is 3.55. The van der Waals surface area contributed by atoms with Crippen molar-refractivity contribution in [2.24, 2.45) is 0 Å². The van der Waals surface area contributed by atoms with Crippen molar-refractivity contribution in [3.8, 4) is 0 Å². The molecule has 20 heavy (non-hydrogen) atoms. The van der Waals surface area contributed by atoms with E-state index in [1.54, 1.807) is 0 Å². The number of fused-ring (bicyclic) bond motifs is 1. The number of anilines is 2. The number of benzene rings is 2. The molecule has 1 aliphatic rings. The fourth-order valence-corrected chi connectivity index (χ4v) is 2.94. The van der Waals surface area contributed by atoms with Crippen molar-refractivity contribution in [3.63, 3.8) is 0 Å². The van der Waals surface area contributed by atoms with E-state index in [0.29, 0.717) is 0 Å². The van der Waals surface area contributed by atoms with Crippen molar-refractivity contribution < 1.29 is 0 Å². The third-order valence-electron chi connectivity index (χ3n) is 4.14. The molecule has 0 fully saturated rings. The summed E-state index contributed by atoms with van der Waals surface area (Å²) in [6.07, 6.45) is 1.17. The van der Waals surface area contributed by atoms with Crippen molar-refractivity contribution in [2.45, 2.75) is 26.8 Å². The van der Waals surface area contributed by atoms with Gasteiger partial charge in [0, 0.05) is 31.5 Å². The third kappa shape index (κ3) is 2.51. The van der Waals surface area contributed by atoms with E-state index in [0.717, 1.165) is 13.1 Å². The standard InChI is InChI=1S/C18H22N2/c1-13-4-6-17(14(2)10-13)19-12-15-5-7-18-16(11-15)8-9-20(18)3/h4-7,10-11,19H,8-9,12H2,1-3H3. The van der Waals surface area contributed by atoms with E-state index in [-0.39, 0.29) is 0 Å². The summed E-state index contributed by atoms with van der Waals surface area (Å²) >= 11 is 0. The van der Waals surface area contributed by atoms with Gasteiger partial charge in [-0.15, -0.1) is 0 Å². The molecule has 104 valence electrons. The maximum Gasteiger partial charge on any atom is 0.0401 e. The second-order valence-electron chi connectivity index (χ2n) is 5.81. The summed E-state index contributed by atoms with van der Waals surface area (Å²) in [6.45, 7) is 6.32. The molecule has 0 amide bonds. The first-order valence-corrected chi connectivity index (χ1v) is 7.27. The molecular weight excluding hydrogens is 244 g/mol. The van der Waals surface area contributed by atoms with Gasteiger partial charge in [-0.3, -0.25) is 0 Å². The molecule has 0 atom stereocenters. The molecule has 1 aliphatic heterocycles. The zero-order valence-electron chi connectivity index (χ0n) is 12.5. The van der Waals surface area contributed by atoms with Crippen LogP contribution < -0.4 is 10.2 Å². The highest BCUT2D eigenvalue weighted by atomic mass is 15.1. The van der Waals surface area contributed by atoms with E-state index >= 15 is 0 Å². The van der Waals surface area contributed by atoms with E-state index in [1.807, 2.05) is 0 Å². The van der Waals surface area contributed by atoms with Gasteiger partial charge >= 0.3 is 0 Å². The van der Waals surface area contributed by atoms with Gasteiger partial charge in [0.25, 0.3) is 0 Å². The molecule has 2 heteroatoms. The number of likely N-dealkylation sites (N-methyl/N-ethyl adjacent to an activating group) is 1. The number of aryl methyl sites for hydroxylation is 2. The fraction of sp³-hybridized carbons (Fsp3) is 0.333. The molecule has 3 rings (SSSR count). The average molecular weight is 266 g/mol. The SMILES string of the molecule is Cc1ccc(NCc2ccc3c(c2)CCN3C)c(C)c1. The number of hydrogen-bond acceptors (Lipinski definition) is 2. The fourth-order valence-electron chi connectivity index (χ4n) is 2.94. The van der Waals surface area contributed by atoms with Crippen molar-refractivity contribution >= 4 is 11.4 Å². The first-order chi connectivity index (χ1) is 9.63. The minimum Gasteiger partial charge on any atom is -0.381 e. The van der Waals surface area contributed by atoms with Gasteiger partial charge in [0.05, 0.1) is 0 Å². The Morgan fingerprint density at radius 3 is 2.75 bits per heavy atom. The largest absolute Gasteiger partial charge is 0.381 e. The molecule has 0 radical (unpaired) electrons. The van der Waals surface area contributed by atoms with E-state index in [2.05, 4.69) is 67.5 Å². The molecule has 1 heterocycles. The molecule has 2 nitrogen and oxygen atoms in total. The molecule has 0 spiro atoms. The lowest BCUT2D eigenvalue weighted by Crippen LogP contribution is -2.12. The third-order valence-corrected chi connectivity index (χ3v) is 4.14. The van der Waals surface area contributed by atoms with Crippen LogP contribution in [0.4, 0.5) is 11.4 Å². The van der Waals surface area contributed by atoms with Gasteiger partial charge in [0.2, 0.25) is 0 Å². The van der Waals surface area contributed by atoms with Gasteiger partial charge in [0.1, 0.15) is 0 Å². The molecule has 0 aromatic heterocycles. The predicted molar refractivity (Wildman–Crippen MR) is 86.7 cm³/mol. The highest BCUT2D eigenvalue weighted by molar-refractivity contribution is 5.59. The number of nitrogens with zero attached hydrogens (tertiary/aromatic N) is 1. The van der Waals surface area contributed by atoms with Crippen molar-refractivity contribution in [3.05, 3.63) is 58.7 Å². The van der Waals surface area contributed by atoms with Crippen LogP contribution >= 0.6 is 0 Å². The van der Waals surface area contributed by atoms with Gasteiger partial charge in [0.15, 0.2) is 0 Å². The van der Waals surface area contributed by atoms with E-state index in [9.17, 15) is 0 Å². The van der Waals surface area contributed by atoms with Crippen molar-refractivity contribution in [1.82, 2.24) is 0 Å². The molecule has 2 aromatic carbocycles. The van der Waals surface area contributed by atoms with Crippen LogP contribution in [0.3, 0.4) is 0 Å². The quantitative estimate of drug-likeness (QED) is 0.906. The Kier molecular flexibility index (Phi) is 3.39. The van der Waals surface area contributed by atoms with E-state index < -0.39 is 0 Å². The summed E-state index contributed by atoms with van der Waals surface area (Å²) < 4.78 is 0. The van der Waals surface area contributed by atoms with Crippen LogP contribution in [0.2, 0.25) is 0 Å². The number of hydrogen-bond donors (Lipinski definition) is 1. The molecule has 0 saturated carbocycles.